The van der Waals surface area contributed by atoms with Crippen LogP contribution >= 0.6 is 0 Å². The monoisotopic (exact) mass is 747 g/mol. The molecule has 1 N–H and O–H groups in total. The average Bonchev–Trinajstić information content (AvgIpc) is 3.53. The van der Waals surface area contributed by atoms with Crippen molar-refractivity contribution in [1.82, 2.24) is 9.38 Å². The molecule has 11 heteroatoms. The second-order valence-corrected chi connectivity index (χ2v) is 15.7. The van der Waals surface area contributed by atoms with Crippen LogP contribution in [-0.4, -0.2) is 84.4 Å². The number of hydrogen-bond donors (Lipinski definition) is 1. The van der Waals surface area contributed by atoms with E-state index in [1.165, 1.54) is 13.2 Å². The van der Waals surface area contributed by atoms with E-state index in [-0.39, 0.29) is 23.0 Å². The first-order valence-electron chi connectivity index (χ1n) is 19.1. The lowest BCUT2D eigenvalue weighted by Gasteiger charge is -2.41. The number of methoxy groups -OCH3 is 1. The van der Waals surface area contributed by atoms with Crippen LogP contribution in [0.2, 0.25) is 0 Å². The van der Waals surface area contributed by atoms with E-state index in [1.807, 2.05) is 69.5 Å². The minimum absolute atomic E-state index is 0.0454. The Labute approximate surface area is 319 Å². The number of piperidine rings is 1. The normalized spacial score (nSPS) is 15.8. The summed E-state index contributed by atoms with van der Waals surface area (Å²) in [4.78, 5) is 20.8. The van der Waals surface area contributed by atoms with E-state index in [0.29, 0.717) is 60.9 Å². The summed E-state index contributed by atoms with van der Waals surface area (Å²) in [5.41, 5.74) is 3.95. The zero-order valence-electron chi connectivity index (χ0n) is 33.5. The van der Waals surface area contributed by atoms with E-state index in [1.54, 1.807) is 19.1 Å². The van der Waals surface area contributed by atoms with Crippen LogP contribution < -0.4 is 4.90 Å². The van der Waals surface area contributed by atoms with Crippen molar-refractivity contribution in [2.24, 2.45) is 0 Å². The van der Waals surface area contributed by atoms with Crippen molar-refractivity contribution in [2.45, 2.75) is 104 Å². The molecule has 5 rings (SSSR count). The van der Waals surface area contributed by atoms with Gasteiger partial charge in [-0.25, -0.2) is 14.2 Å². The van der Waals surface area contributed by atoms with E-state index in [2.05, 4.69) is 18.7 Å². The van der Waals surface area contributed by atoms with E-state index in [0.717, 1.165) is 49.2 Å². The number of phenols is 1. The molecular formula is C43H58FN3O7. The van der Waals surface area contributed by atoms with Gasteiger partial charge in [0, 0.05) is 37.0 Å². The summed E-state index contributed by atoms with van der Waals surface area (Å²) < 4.78 is 47.0. The van der Waals surface area contributed by atoms with Crippen LogP contribution in [0.4, 0.5) is 10.2 Å². The molecule has 3 heterocycles. The van der Waals surface area contributed by atoms with Crippen LogP contribution in [0.3, 0.4) is 0 Å². The molecule has 4 aromatic rings. The lowest BCUT2D eigenvalue weighted by atomic mass is 9.92. The predicted molar refractivity (Wildman–Crippen MR) is 210 cm³/mol. The van der Waals surface area contributed by atoms with Crippen molar-refractivity contribution in [2.75, 3.05) is 51.5 Å². The highest BCUT2D eigenvalue weighted by molar-refractivity contribution is 5.82. The number of aryl methyl sites for hydroxylation is 2. The number of ether oxygens (including phenoxy) is 5. The van der Waals surface area contributed by atoms with Crippen molar-refractivity contribution in [3.05, 3.63) is 71.2 Å². The smallest absolute Gasteiger partial charge is 0.339 e. The molecule has 0 spiro atoms. The topological polar surface area (TPSA) is 104 Å². The van der Waals surface area contributed by atoms with Gasteiger partial charge in [0.2, 0.25) is 0 Å². The molecule has 1 aliphatic rings. The number of unbranched alkanes of at least 4 members (excludes halogenated alkanes) is 1. The van der Waals surface area contributed by atoms with Crippen molar-refractivity contribution >= 4 is 17.4 Å². The zero-order chi connectivity index (χ0) is 39.2. The number of halogens is 1. The fourth-order valence-electron chi connectivity index (χ4n) is 6.97. The third kappa shape index (κ3) is 9.98. The van der Waals surface area contributed by atoms with Gasteiger partial charge in [-0.2, -0.15) is 0 Å². The number of benzene rings is 2. The number of aromatic nitrogens is 2. The SMILES string of the molecule is CCCCO[C@H](C)COCCOC1(C)CCN(c2c([C@H](OC(C)(C)C)C(=O)OC)c(C)cc3nc(-c4cccc(-c5c(O)cc(C)cc5F)c4)cn23)CC1. The molecule has 2 aromatic carbocycles. The molecule has 0 radical (unpaired) electrons. The highest BCUT2D eigenvalue weighted by atomic mass is 19.1. The average molecular weight is 748 g/mol. The Morgan fingerprint density at radius 2 is 1.78 bits per heavy atom. The highest BCUT2D eigenvalue weighted by Crippen LogP contribution is 2.40. The van der Waals surface area contributed by atoms with Crippen molar-refractivity contribution in [1.29, 1.82) is 0 Å². The summed E-state index contributed by atoms with van der Waals surface area (Å²) in [6.45, 7) is 19.3. The lowest BCUT2D eigenvalue weighted by molar-refractivity contribution is -0.164. The molecule has 2 aromatic heterocycles. The molecule has 2 atom stereocenters. The van der Waals surface area contributed by atoms with Gasteiger partial charge < -0.3 is 33.7 Å². The summed E-state index contributed by atoms with van der Waals surface area (Å²) in [5, 5.41) is 10.7. The van der Waals surface area contributed by atoms with Crippen molar-refractivity contribution in [3.8, 4) is 28.1 Å². The number of fused-ring (bicyclic) bond motifs is 1. The van der Waals surface area contributed by atoms with Gasteiger partial charge in [-0.15, -0.1) is 0 Å². The van der Waals surface area contributed by atoms with Gasteiger partial charge in [-0.3, -0.25) is 4.40 Å². The molecule has 0 bridgehead atoms. The first-order valence-corrected chi connectivity index (χ1v) is 19.1. The Kier molecular flexibility index (Phi) is 13.4. The number of nitrogens with zero attached hydrogens (tertiary/aromatic N) is 3. The Bertz CT molecular complexity index is 1870. The summed E-state index contributed by atoms with van der Waals surface area (Å²) in [7, 11) is 1.37. The Balaban J connectivity index is 1.46. The van der Waals surface area contributed by atoms with Gasteiger partial charge in [-0.1, -0.05) is 31.5 Å². The second-order valence-electron chi connectivity index (χ2n) is 15.7. The molecule has 294 valence electrons. The predicted octanol–water partition coefficient (Wildman–Crippen LogP) is 8.76. The van der Waals surface area contributed by atoms with E-state index in [4.69, 9.17) is 28.7 Å². The Hall–Kier alpha value is -4.03. The number of carbonyl (C=O) groups is 1. The Morgan fingerprint density at radius 1 is 1.06 bits per heavy atom. The van der Waals surface area contributed by atoms with Crippen LogP contribution in [-0.2, 0) is 28.5 Å². The Morgan fingerprint density at radius 3 is 2.44 bits per heavy atom. The molecule has 0 amide bonds. The second kappa shape index (κ2) is 17.6. The number of anilines is 1. The molecule has 0 saturated carbocycles. The van der Waals surface area contributed by atoms with E-state index >= 15 is 4.39 Å². The third-order valence-corrected chi connectivity index (χ3v) is 9.83. The van der Waals surface area contributed by atoms with Crippen LogP contribution in [0.5, 0.6) is 5.75 Å². The molecule has 1 fully saturated rings. The molecule has 1 aliphatic heterocycles. The number of rotatable bonds is 16. The number of hydrogen-bond acceptors (Lipinski definition) is 9. The van der Waals surface area contributed by atoms with Gasteiger partial charge in [0.15, 0.2) is 6.10 Å². The molecule has 10 nitrogen and oxygen atoms in total. The van der Waals surface area contributed by atoms with Gasteiger partial charge in [0.25, 0.3) is 0 Å². The van der Waals surface area contributed by atoms with Gasteiger partial charge in [0.1, 0.15) is 23.0 Å². The molecule has 1 saturated heterocycles. The summed E-state index contributed by atoms with van der Waals surface area (Å²) in [5.74, 6) is -0.308. The summed E-state index contributed by atoms with van der Waals surface area (Å²) in [6, 6.07) is 12.3. The zero-order valence-corrected chi connectivity index (χ0v) is 33.5. The standard InChI is InChI=1S/C43H58FN3O7/c1-10-11-19-52-30(4)27-51-20-21-53-43(8)15-17-46(18-16-43)40-37(39(41(49)50-9)54-42(5,6)7)29(3)24-36-45-34(26-47(36)40)31-13-12-14-32(25-31)38-33(44)22-28(2)23-35(38)48/h12-14,22-26,30,39,48H,10-11,15-21,27H2,1-9H3/t30-,39+/m1/s1. The summed E-state index contributed by atoms with van der Waals surface area (Å²) >= 11 is 0. The number of pyridine rings is 1. The molecule has 0 unspecified atom stereocenters. The maximum Gasteiger partial charge on any atom is 0.339 e. The lowest BCUT2D eigenvalue weighted by Crippen LogP contribution is -2.46. The third-order valence-electron chi connectivity index (χ3n) is 9.83. The van der Waals surface area contributed by atoms with Crippen molar-refractivity contribution in [3.63, 3.8) is 0 Å². The van der Waals surface area contributed by atoms with Crippen LogP contribution in [0.25, 0.3) is 28.0 Å². The minimum Gasteiger partial charge on any atom is -0.507 e. The van der Waals surface area contributed by atoms with Crippen LogP contribution in [0.15, 0.2) is 48.7 Å². The fraction of sp³-hybridized carbons (Fsp3) is 0.535. The quantitative estimate of drug-likeness (QED) is 0.0890. The van der Waals surface area contributed by atoms with Gasteiger partial charge >= 0.3 is 5.97 Å². The van der Waals surface area contributed by atoms with E-state index < -0.39 is 23.5 Å². The van der Waals surface area contributed by atoms with Gasteiger partial charge in [-0.05, 0) is 109 Å². The van der Waals surface area contributed by atoms with Crippen LogP contribution in [0, 0.1) is 19.7 Å². The largest absolute Gasteiger partial charge is 0.507 e. The minimum atomic E-state index is -0.994. The maximum absolute atomic E-state index is 15.1. The molecule has 54 heavy (non-hydrogen) atoms. The highest BCUT2D eigenvalue weighted by Gasteiger charge is 2.37. The number of carbonyl (C=O) groups excluding carboxylic acids is 1. The number of imidazole rings is 1. The number of esters is 1. The molecular weight excluding hydrogens is 689 g/mol. The number of aromatic hydroxyl groups is 1. The maximum atomic E-state index is 15.1. The first-order chi connectivity index (χ1) is 25.6. The van der Waals surface area contributed by atoms with E-state index in [9.17, 15) is 9.90 Å². The fourth-order valence-corrected chi connectivity index (χ4v) is 6.97. The number of phenolic OH excluding ortho intramolecular Hbond substituents is 1. The van der Waals surface area contributed by atoms with Crippen molar-refractivity contribution < 1.29 is 38.0 Å². The van der Waals surface area contributed by atoms with Crippen LogP contribution in [0.1, 0.15) is 90.0 Å². The molecule has 0 aliphatic carbocycles. The van der Waals surface area contributed by atoms with Gasteiger partial charge in [0.05, 0.1) is 55.5 Å². The first kappa shape index (κ1) is 41.1. The summed E-state index contributed by atoms with van der Waals surface area (Å²) in [6.07, 6.45) is 4.64.